The average Bonchev–Trinajstić information content (AvgIpc) is 3.35. The number of hydrogen-bond acceptors (Lipinski definition) is 6. The van der Waals surface area contributed by atoms with Gasteiger partial charge in [0.1, 0.15) is 0 Å². The van der Waals surface area contributed by atoms with Gasteiger partial charge in [0.25, 0.3) is 0 Å². The molecule has 4 rings (SSSR count). The SMILES string of the molecule is CCN(CC)S(=O)(=O)c1cccc(-c2nnc(SCC(=O)Nc3ccc(C(C)C)cc3)n2Cc2ccccc2)c1. The van der Waals surface area contributed by atoms with Gasteiger partial charge in [-0.15, -0.1) is 10.2 Å². The van der Waals surface area contributed by atoms with Crippen LogP contribution in [0, 0.1) is 0 Å². The number of benzene rings is 3. The van der Waals surface area contributed by atoms with Gasteiger partial charge in [0.15, 0.2) is 11.0 Å². The van der Waals surface area contributed by atoms with Crippen molar-refractivity contribution in [2.45, 2.75) is 50.2 Å². The lowest BCUT2D eigenvalue weighted by molar-refractivity contribution is -0.113. The molecule has 0 aliphatic rings. The molecule has 0 aliphatic heterocycles. The minimum absolute atomic E-state index is 0.148. The molecule has 4 aromatic rings. The number of rotatable bonds is 12. The highest BCUT2D eigenvalue weighted by atomic mass is 32.2. The summed E-state index contributed by atoms with van der Waals surface area (Å²) in [4.78, 5) is 13.0. The van der Waals surface area contributed by atoms with E-state index >= 15 is 0 Å². The number of carbonyl (C=O) groups excluding carboxylic acids is 1. The van der Waals surface area contributed by atoms with Crippen LogP contribution in [0.3, 0.4) is 0 Å². The maximum absolute atomic E-state index is 13.2. The molecule has 0 fully saturated rings. The first-order valence-corrected chi connectivity index (χ1v) is 15.8. The van der Waals surface area contributed by atoms with Crippen LogP contribution in [0.4, 0.5) is 5.69 Å². The fourth-order valence-corrected chi connectivity index (χ4v) is 6.55. The van der Waals surface area contributed by atoms with E-state index in [-0.39, 0.29) is 16.6 Å². The van der Waals surface area contributed by atoms with Crippen molar-refractivity contribution in [3.8, 4) is 11.4 Å². The lowest BCUT2D eigenvalue weighted by Crippen LogP contribution is -2.30. The average molecular weight is 578 g/mol. The molecule has 3 aromatic carbocycles. The van der Waals surface area contributed by atoms with Crippen molar-refractivity contribution >= 4 is 33.4 Å². The summed E-state index contributed by atoms with van der Waals surface area (Å²) in [5.74, 6) is 0.955. The number of carbonyl (C=O) groups is 1. The van der Waals surface area contributed by atoms with Gasteiger partial charge < -0.3 is 5.32 Å². The zero-order chi connectivity index (χ0) is 28.7. The third-order valence-corrected chi connectivity index (χ3v) is 9.54. The molecule has 0 aliphatic carbocycles. The summed E-state index contributed by atoms with van der Waals surface area (Å²) in [5, 5.41) is 12.3. The molecule has 0 atom stereocenters. The Balaban J connectivity index is 1.60. The van der Waals surface area contributed by atoms with Crippen LogP contribution < -0.4 is 5.32 Å². The Kier molecular flexibility index (Phi) is 9.78. The van der Waals surface area contributed by atoms with Crippen molar-refractivity contribution < 1.29 is 13.2 Å². The highest BCUT2D eigenvalue weighted by Gasteiger charge is 2.23. The van der Waals surface area contributed by atoms with Gasteiger partial charge >= 0.3 is 0 Å². The summed E-state index contributed by atoms with van der Waals surface area (Å²) in [6, 6.07) is 24.5. The second kappa shape index (κ2) is 13.3. The Labute approximate surface area is 240 Å². The summed E-state index contributed by atoms with van der Waals surface area (Å²) in [6.07, 6.45) is 0. The summed E-state index contributed by atoms with van der Waals surface area (Å²) in [5.41, 5.74) is 3.63. The number of thioether (sulfide) groups is 1. The van der Waals surface area contributed by atoms with Crippen LogP contribution in [-0.2, 0) is 21.4 Å². The molecule has 1 N–H and O–H groups in total. The molecule has 1 amide bonds. The zero-order valence-electron chi connectivity index (χ0n) is 23.2. The van der Waals surface area contributed by atoms with Crippen LogP contribution in [0.15, 0.2) is 88.9 Å². The summed E-state index contributed by atoms with van der Waals surface area (Å²) in [6.45, 7) is 9.14. The van der Waals surface area contributed by atoms with Crippen molar-refractivity contribution in [3.05, 3.63) is 90.0 Å². The van der Waals surface area contributed by atoms with Crippen molar-refractivity contribution in [1.82, 2.24) is 19.1 Å². The van der Waals surface area contributed by atoms with Crippen molar-refractivity contribution in [3.63, 3.8) is 0 Å². The normalized spacial score (nSPS) is 11.8. The van der Waals surface area contributed by atoms with E-state index in [0.29, 0.717) is 42.1 Å². The molecular weight excluding hydrogens is 542 g/mol. The number of sulfonamides is 1. The summed E-state index contributed by atoms with van der Waals surface area (Å²) in [7, 11) is -3.64. The Morgan fingerprint density at radius 2 is 1.65 bits per heavy atom. The van der Waals surface area contributed by atoms with Crippen molar-refractivity contribution in [2.24, 2.45) is 0 Å². The molecule has 40 heavy (non-hydrogen) atoms. The third-order valence-electron chi connectivity index (χ3n) is 6.53. The first kappa shape index (κ1) is 29.5. The quantitative estimate of drug-likeness (QED) is 0.211. The predicted molar refractivity (Wildman–Crippen MR) is 161 cm³/mol. The minimum atomic E-state index is -3.64. The monoisotopic (exact) mass is 577 g/mol. The topological polar surface area (TPSA) is 97.2 Å². The Hall–Kier alpha value is -3.47. The Bertz CT molecular complexity index is 1530. The van der Waals surface area contributed by atoms with E-state index in [1.807, 2.05) is 79.1 Å². The zero-order valence-corrected chi connectivity index (χ0v) is 24.9. The highest BCUT2D eigenvalue weighted by Crippen LogP contribution is 2.28. The van der Waals surface area contributed by atoms with Gasteiger partial charge in [-0.2, -0.15) is 4.31 Å². The number of anilines is 1. The number of hydrogen-bond donors (Lipinski definition) is 1. The van der Waals surface area contributed by atoms with Crippen LogP contribution in [0.1, 0.15) is 44.7 Å². The third kappa shape index (κ3) is 6.99. The fourth-order valence-electron chi connectivity index (χ4n) is 4.30. The molecule has 0 spiro atoms. The first-order chi connectivity index (χ1) is 19.2. The smallest absolute Gasteiger partial charge is 0.243 e. The van der Waals surface area contributed by atoms with E-state index in [0.717, 1.165) is 11.3 Å². The Morgan fingerprint density at radius 3 is 2.30 bits per heavy atom. The number of amides is 1. The van der Waals surface area contributed by atoms with Crippen molar-refractivity contribution in [2.75, 3.05) is 24.2 Å². The minimum Gasteiger partial charge on any atom is -0.325 e. The number of nitrogens with one attached hydrogen (secondary N) is 1. The van der Waals surface area contributed by atoms with Gasteiger partial charge in [-0.1, -0.05) is 94.1 Å². The van der Waals surface area contributed by atoms with E-state index in [9.17, 15) is 13.2 Å². The molecule has 210 valence electrons. The molecule has 0 unspecified atom stereocenters. The molecule has 0 bridgehead atoms. The van der Waals surface area contributed by atoms with Crippen LogP contribution in [-0.4, -0.2) is 52.2 Å². The molecule has 0 radical (unpaired) electrons. The maximum atomic E-state index is 13.2. The number of nitrogens with zero attached hydrogens (tertiary/aromatic N) is 4. The number of aromatic nitrogens is 3. The highest BCUT2D eigenvalue weighted by molar-refractivity contribution is 7.99. The molecule has 1 heterocycles. The maximum Gasteiger partial charge on any atom is 0.243 e. The summed E-state index contributed by atoms with van der Waals surface area (Å²) >= 11 is 1.29. The largest absolute Gasteiger partial charge is 0.325 e. The summed E-state index contributed by atoms with van der Waals surface area (Å²) < 4.78 is 29.7. The van der Waals surface area contributed by atoms with Gasteiger partial charge in [-0.3, -0.25) is 9.36 Å². The standard InChI is InChI=1S/C30H35N5O3S2/c1-5-34(6-2)40(37,38)27-14-10-13-25(19-27)29-32-33-30(35(29)20-23-11-8-7-9-12-23)39-21-28(36)31-26-17-15-24(16-18-26)22(3)4/h7-19,22H,5-6,20-21H2,1-4H3,(H,31,36). The van der Waals surface area contributed by atoms with E-state index in [2.05, 4.69) is 29.4 Å². The molecule has 8 nitrogen and oxygen atoms in total. The second-order valence-corrected chi connectivity index (χ2v) is 12.5. The molecule has 0 saturated heterocycles. The van der Waals surface area contributed by atoms with E-state index in [4.69, 9.17) is 0 Å². The van der Waals surface area contributed by atoms with Gasteiger partial charge in [-0.05, 0) is 41.3 Å². The van der Waals surface area contributed by atoms with Crippen LogP contribution >= 0.6 is 11.8 Å². The van der Waals surface area contributed by atoms with Gasteiger partial charge in [0.05, 0.1) is 17.2 Å². The van der Waals surface area contributed by atoms with Gasteiger partial charge in [0.2, 0.25) is 15.9 Å². The Morgan fingerprint density at radius 1 is 0.950 bits per heavy atom. The van der Waals surface area contributed by atoms with Crippen LogP contribution in [0.2, 0.25) is 0 Å². The molecular formula is C30H35N5O3S2. The van der Waals surface area contributed by atoms with Gasteiger partial charge in [0, 0.05) is 24.3 Å². The van der Waals surface area contributed by atoms with Crippen LogP contribution in [0.25, 0.3) is 11.4 Å². The predicted octanol–water partition coefficient (Wildman–Crippen LogP) is 5.88. The molecule has 1 aromatic heterocycles. The fraction of sp³-hybridized carbons (Fsp3) is 0.300. The van der Waals surface area contributed by atoms with E-state index < -0.39 is 10.0 Å². The lowest BCUT2D eigenvalue weighted by atomic mass is 10.0. The van der Waals surface area contributed by atoms with E-state index in [1.165, 1.54) is 21.6 Å². The second-order valence-electron chi connectivity index (χ2n) is 9.61. The molecule has 10 heteroatoms. The van der Waals surface area contributed by atoms with Crippen molar-refractivity contribution in [1.29, 1.82) is 0 Å². The molecule has 0 saturated carbocycles. The lowest BCUT2D eigenvalue weighted by Gasteiger charge is -2.19. The van der Waals surface area contributed by atoms with E-state index in [1.54, 1.807) is 18.2 Å². The van der Waals surface area contributed by atoms with Gasteiger partial charge in [-0.25, -0.2) is 8.42 Å². The van der Waals surface area contributed by atoms with Crippen LogP contribution in [0.5, 0.6) is 0 Å². The first-order valence-electron chi connectivity index (χ1n) is 13.3.